The van der Waals surface area contributed by atoms with E-state index in [1.807, 2.05) is 6.07 Å². The summed E-state index contributed by atoms with van der Waals surface area (Å²) in [5.41, 5.74) is 8.30. The summed E-state index contributed by atoms with van der Waals surface area (Å²) in [6.07, 6.45) is 1.23. The fraction of sp³-hybridized carbons (Fsp3) is 0.429. The van der Waals surface area contributed by atoms with E-state index in [0.29, 0.717) is 11.5 Å². The number of piperidine rings is 1. The smallest absolute Gasteiger partial charge is 0.292 e. The second-order valence-electron chi connectivity index (χ2n) is 11.1. The number of hydrogen-bond acceptors (Lipinski definition) is 10. The van der Waals surface area contributed by atoms with Crippen molar-refractivity contribution >= 4 is 46.4 Å². The average molecular weight is 562 g/mol. The van der Waals surface area contributed by atoms with E-state index < -0.39 is 34.6 Å². The summed E-state index contributed by atoms with van der Waals surface area (Å²) in [5.74, 6) is -1.56. The lowest BCUT2D eigenvalue weighted by Gasteiger charge is -2.37. The number of nitro groups is 1. The maximum Gasteiger partial charge on any atom is 0.292 e. The highest BCUT2D eigenvalue weighted by Crippen LogP contribution is 2.33. The zero-order chi connectivity index (χ0) is 28.8. The number of nitrogens with one attached hydrogen (secondary N) is 1. The molecule has 0 radical (unpaired) electrons. The van der Waals surface area contributed by atoms with Crippen molar-refractivity contribution in [1.82, 2.24) is 15.1 Å². The number of benzene rings is 2. The Morgan fingerprint density at radius 3 is 2.29 bits per heavy atom. The molecular formula is C28H31N7O6. The summed E-state index contributed by atoms with van der Waals surface area (Å²) >= 11 is 0. The summed E-state index contributed by atoms with van der Waals surface area (Å²) in [6, 6.07) is 9.17. The number of carbonyl (C=O) groups is 4. The molecule has 0 aliphatic carbocycles. The van der Waals surface area contributed by atoms with Crippen LogP contribution in [0.1, 0.15) is 40.0 Å². The summed E-state index contributed by atoms with van der Waals surface area (Å²) in [6.45, 7) is 5.97. The molecule has 13 heteroatoms. The molecule has 13 nitrogen and oxygen atoms in total. The number of nitrogens with two attached hydrogens (primary N) is 1. The van der Waals surface area contributed by atoms with Gasteiger partial charge in [-0.2, -0.15) is 0 Å². The van der Waals surface area contributed by atoms with Gasteiger partial charge >= 0.3 is 0 Å². The molecule has 0 aromatic heterocycles. The number of hydrogen-bond donors (Lipinski definition) is 2. The molecule has 2 aromatic rings. The van der Waals surface area contributed by atoms with Crippen molar-refractivity contribution in [2.75, 3.05) is 61.3 Å². The van der Waals surface area contributed by atoms with Gasteiger partial charge < -0.3 is 15.5 Å². The minimum Gasteiger partial charge on any atom is -0.393 e. The van der Waals surface area contributed by atoms with Crippen LogP contribution in [-0.4, -0.2) is 90.2 Å². The van der Waals surface area contributed by atoms with E-state index in [2.05, 4.69) is 20.0 Å². The van der Waals surface area contributed by atoms with Crippen LogP contribution in [0.3, 0.4) is 0 Å². The third-order valence-electron chi connectivity index (χ3n) is 8.54. The second kappa shape index (κ2) is 10.5. The summed E-state index contributed by atoms with van der Waals surface area (Å²) < 4.78 is 0. The van der Waals surface area contributed by atoms with Crippen molar-refractivity contribution in [3.63, 3.8) is 0 Å². The van der Waals surface area contributed by atoms with Gasteiger partial charge in [-0.15, -0.1) is 0 Å². The van der Waals surface area contributed by atoms with Crippen LogP contribution in [0.2, 0.25) is 0 Å². The topological polar surface area (TPSA) is 162 Å². The maximum atomic E-state index is 13.2. The van der Waals surface area contributed by atoms with Crippen LogP contribution in [0.15, 0.2) is 36.4 Å². The quantitative estimate of drug-likeness (QED) is 0.227. The molecule has 6 rings (SSSR count). The number of nitrogen functional groups attached to an aromatic ring is 1. The van der Waals surface area contributed by atoms with E-state index in [-0.39, 0.29) is 29.8 Å². The predicted octanol–water partition coefficient (Wildman–Crippen LogP) is 1.23. The van der Waals surface area contributed by atoms with Crippen LogP contribution in [0, 0.1) is 16.0 Å². The highest BCUT2D eigenvalue weighted by molar-refractivity contribution is 6.23. The average Bonchev–Trinajstić information content (AvgIpc) is 3.51. The monoisotopic (exact) mass is 561 g/mol. The first kappa shape index (κ1) is 26.7. The van der Waals surface area contributed by atoms with E-state index in [1.54, 1.807) is 24.3 Å². The maximum absolute atomic E-state index is 13.2. The van der Waals surface area contributed by atoms with Crippen molar-refractivity contribution in [2.24, 2.45) is 5.92 Å². The number of rotatable bonds is 6. The van der Waals surface area contributed by atoms with Gasteiger partial charge in [0.05, 0.1) is 16.1 Å². The molecule has 3 saturated heterocycles. The molecule has 4 aliphatic rings. The lowest BCUT2D eigenvalue weighted by atomic mass is 10.0. The highest BCUT2D eigenvalue weighted by atomic mass is 16.6. The van der Waals surface area contributed by atoms with Gasteiger partial charge in [-0.05, 0) is 49.1 Å². The molecule has 4 aliphatic heterocycles. The molecule has 0 saturated carbocycles. The number of anilines is 3. The van der Waals surface area contributed by atoms with E-state index in [0.717, 1.165) is 68.5 Å². The normalized spacial score (nSPS) is 23.3. The van der Waals surface area contributed by atoms with Crippen LogP contribution >= 0.6 is 0 Å². The molecule has 214 valence electrons. The molecule has 2 atom stereocenters. The first-order valence-corrected chi connectivity index (χ1v) is 13.8. The Morgan fingerprint density at radius 2 is 1.59 bits per heavy atom. The van der Waals surface area contributed by atoms with Gasteiger partial charge in [-0.3, -0.25) is 44.4 Å². The molecule has 0 bridgehead atoms. The van der Waals surface area contributed by atoms with Gasteiger partial charge in [0.1, 0.15) is 11.7 Å². The fourth-order valence-electron chi connectivity index (χ4n) is 6.33. The number of imide groups is 2. The standard InChI is InChI=1S/C28H31N7O6/c29-22-14-19(2-4-23(22)35(40)41)32-11-9-31(10-12-32)15-17-7-8-33(16-17)18-1-3-20-21(13-18)28(39)34(27(20)38)24-5-6-25(36)30-26(24)37/h1-4,13-14,17,24H,5-12,15-16,29H2,(H,30,36,37). The minimum absolute atomic E-state index is 0.0795. The van der Waals surface area contributed by atoms with Crippen molar-refractivity contribution in [2.45, 2.75) is 25.3 Å². The number of nitro benzene ring substituents is 1. The van der Waals surface area contributed by atoms with Crippen molar-refractivity contribution in [3.05, 3.63) is 57.6 Å². The number of fused-ring (bicyclic) bond motifs is 1. The molecular weight excluding hydrogens is 530 g/mol. The molecule has 0 spiro atoms. The molecule has 3 fully saturated rings. The first-order chi connectivity index (χ1) is 19.7. The Kier molecular flexibility index (Phi) is 6.81. The van der Waals surface area contributed by atoms with Crippen molar-refractivity contribution < 1.29 is 24.1 Å². The minimum atomic E-state index is -0.974. The number of nitrogens with zero attached hydrogens (tertiary/aromatic N) is 5. The van der Waals surface area contributed by atoms with Gasteiger partial charge in [0.15, 0.2) is 0 Å². The Bertz CT molecular complexity index is 1450. The van der Waals surface area contributed by atoms with Gasteiger partial charge in [-0.1, -0.05) is 0 Å². The molecule has 41 heavy (non-hydrogen) atoms. The molecule has 4 amide bonds. The Labute approximate surface area is 236 Å². The van der Waals surface area contributed by atoms with Gasteiger partial charge in [0.2, 0.25) is 11.8 Å². The molecule has 4 heterocycles. The van der Waals surface area contributed by atoms with E-state index in [9.17, 15) is 29.3 Å². The lowest BCUT2D eigenvalue weighted by Crippen LogP contribution is -2.54. The van der Waals surface area contributed by atoms with Gasteiger partial charge in [0, 0.05) is 69.7 Å². The largest absolute Gasteiger partial charge is 0.393 e. The van der Waals surface area contributed by atoms with Crippen molar-refractivity contribution in [3.8, 4) is 0 Å². The van der Waals surface area contributed by atoms with E-state index in [4.69, 9.17) is 5.73 Å². The Morgan fingerprint density at radius 1 is 0.878 bits per heavy atom. The summed E-state index contributed by atoms with van der Waals surface area (Å²) in [7, 11) is 0. The number of piperazine rings is 1. The van der Waals surface area contributed by atoms with Crippen LogP contribution in [-0.2, 0) is 9.59 Å². The van der Waals surface area contributed by atoms with Crippen molar-refractivity contribution in [1.29, 1.82) is 0 Å². The number of amides is 4. The van der Waals surface area contributed by atoms with Gasteiger partial charge in [0.25, 0.3) is 17.5 Å². The predicted molar refractivity (Wildman–Crippen MR) is 150 cm³/mol. The highest BCUT2D eigenvalue weighted by Gasteiger charge is 2.45. The van der Waals surface area contributed by atoms with E-state index >= 15 is 0 Å². The molecule has 2 aromatic carbocycles. The molecule has 3 N–H and O–H groups in total. The SMILES string of the molecule is Nc1cc(N2CCN(CC3CCN(c4ccc5c(c4)C(=O)N(C4CCC(=O)NC4=O)C5=O)C3)CC2)ccc1[N+](=O)[O-]. The summed E-state index contributed by atoms with van der Waals surface area (Å²) in [4.78, 5) is 68.5. The molecule has 2 unspecified atom stereocenters. The summed E-state index contributed by atoms with van der Waals surface area (Å²) in [5, 5.41) is 13.3. The zero-order valence-electron chi connectivity index (χ0n) is 22.5. The van der Waals surface area contributed by atoms with Crippen LogP contribution < -0.4 is 20.9 Å². The van der Waals surface area contributed by atoms with Gasteiger partial charge in [-0.25, -0.2) is 0 Å². The fourth-order valence-corrected chi connectivity index (χ4v) is 6.33. The third kappa shape index (κ3) is 4.97. The Hall–Kier alpha value is -4.52. The lowest BCUT2D eigenvalue weighted by molar-refractivity contribution is -0.383. The zero-order valence-corrected chi connectivity index (χ0v) is 22.5. The van der Waals surface area contributed by atoms with Crippen LogP contribution in [0.25, 0.3) is 0 Å². The Balaban J connectivity index is 1.05. The number of carbonyl (C=O) groups excluding carboxylic acids is 4. The van der Waals surface area contributed by atoms with E-state index in [1.165, 1.54) is 6.07 Å². The third-order valence-corrected chi connectivity index (χ3v) is 8.54. The van der Waals surface area contributed by atoms with Crippen LogP contribution in [0.4, 0.5) is 22.7 Å². The van der Waals surface area contributed by atoms with Crippen LogP contribution in [0.5, 0.6) is 0 Å². The second-order valence-corrected chi connectivity index (χ2v) is 11.1. The first-order valence-electron chi connectivity index (χ1n) is 13.8.